The van der Waals surface area contributed by atoms with E-state index in [2.05, 4.69) is 65.4 Å². The average Bonchev–Trinajstić information content (AvgIpc) is 3.03. The van der Waals surface area contributed by atoms with Gasteiger partial charge in [0, 0.05) is 38.1 Å². The number of aliphatic imine (C=N–C) groups is 1. The molecule has 5 nitrogen and oxygen atoms in total. The first kappa shape index (κ1) is 17.5. The van der Waals surface area contributed by atoms with Gasteiger partial charge in [0.1, 0.15) is 5.82 Å². The second-order valence-corrected chi connectivity index (χ2v) is 6.82. The highest BCUT2D eigenvalue weighted by Gasteiger charge is 2.07. The van der Waals surface area contributed by atoms with Crippen LogP contribution in [0.3, 0.4) is 0 Å². The van der Waals surface area contributed by atoms with E-state index in [-0.39, 0.29) is 0 Å². The molecule has 3 rings (SSSR count). The predicted octanol–water partition coefficient (Wildman–Crippen LogP) is 3.58. The van der Waals surface area contributed by atoms with Crippen LogP contribution in [0.4, 0.5) is 0 Å². The molecular weight excluding hydrogens is 378 g/mol. The molecule has 0 atom stereocenters. The Morgan fingerprint density at radius 2 is 1.96 bits per heavy atom. The standard InChI is InChI=1S/C19H22BrN5/c1-21-19(25(2)13-14-7-9-15(20)10-8-14)22-12-11-18-23-16-5-3-4-6-17(16)24-18/h3-10H,11-13H2,1-2H3,(H,21,22)(H,23,24). The maximum Gasteiger partial charge on any atom is 0.193 e. The highest BCUT2D eigenvalue weighted by molar-refractivity contribution is 9.10. The van der Waals surface area contributed by atoms with Crippen molar-refractivity contribution < 1.29 is 0 Å². The molecule has 0 bridgehead atoms. The van der Waals surface area contributed by atoms with Crippen molar-refractivity contribution in [2.45, 2.75) is 13.0 Å². The maximum absolute atomic E-state index is 4.60. The molecule has 2 aromatic carbocycles. The summed E-state index contributed by atoms with van der Waals surface area (Å²) in [6, 6.07) is 16.4. The zero-order valence-electron chi connectivity index (χ0n) is 14.5. The molecular formula is C19H22BrN5. The van der Waals surface area contributed by atoms with Gasteiger partial charge < -0.3 is 15.2 Å². The Labute approximate surface area is 156 Å². The molecule has 3 aromatic rings. The summed E-state index contributed by atoms with van der Waals surface area (Å²) in [7, 11) is 3.85. The van der Waals surface area contributed by atoms with Crippen molar-refractivity contribution in [2.24, 2.45) is 4.99 Å². The molecule has 6 heteroatoms. The molecule has 0 saturated heterocycles. The minimum atomic E-state index is 0.775. The van der Waals surface area contributed by atoms with E-state index < -0.39 is 0 Å². The van der Waals surface area contributed by atoms with Gasteiger partial charge in [-0.3, -0.25) is 4.99 Å². The third-order valence-corrected chi connectivity index (χ3v) is 4.52. The molecule has 0 amide bonds. The normalized spacial score (nSPS) is 11.7. The largest absolute Gasteiger partial charge is 0.356 e. The van der Waals surface area contributed by atoms with Crippen LogP contribution in [0.1, 0.15) is 11.4 Å². The van der Waals surface area contributed by atoms with Crippen molar-refractivity contribution in [3.8, 4) is 0 Å². The third kappa shape index (κ3) is 4.60. The van der Waals surface area contributed by atoms with Gasteiger partial charge in [0.2, 0.25) is 0 Å². The number of H-pyrrole nitrogens is 1. The number of imidazole rings is 1. The number of halogens is 1. The number of aromatic amines is 1. The van der Waals surface area contributed by atoms with E-state index in [1.54, 1.807) is 0 Å². The smallest absolute Gasteiger partial charge is 0.193 e. The second-order valence-electron chi connectivity index (χ2n) is 5.91. The molecule has 130 valence electrons. The van der Waals surface area contributed by atoms with Gasteiger partial charge >= 0.3 is 0 Å². The van der Waals surface area contributed by atoms with Crippen LogP contribution in [-0.4, -0.2) is 41.5 Å². The van der Waals surface area contributed by atoms with Crippen LogP contribution >= 0.6 is 15.9 Å². The first-order valence-corrected chi connectivity index (χ1v) is 9.05. The Kier molecular flexibility index (Phi) is 5.71. The van der Waals surface area contributed by atoms with Gasteiger partial charge in [-0.2, -0.15) is 0 Å². The van der Waals surface area contributed by atoms with E-state index >= 15 is 0 Å². The minimum absolute atomic E-state index is 0.775. The number of aromatic nitrogens is 2. The molecule has 0 fully saturated rings. The monoisotopic (exact) mass is 399 g/mol. The van der Waals surface area contributed by atoms with Crippen LogP contribution < -0.4 is 5.32 Å². The number of nitrogens with zero attached hydrogens (tertiary/aromatic N) is 3. The molecule has 0 spiro atoms. The lowest BCUT2D eigenvalue weighted by Crippen LogP contribution is -2.39. The molecule has 0 aliphatic rings. The van der Waals surface area contributed by atoms with E-state index in [0.29, 0.717) is 0 Å². The predicted molar refractivity (Wildman–Crippen MR) is 107 cm³/mol. The van der Waals surface area contributed by atoms with Gasteiger partial charge in [0.25, 0.3) is 0 Å². The summed E-state index contributed by atoms with van der Waals surface area (Å²) in [4.78, 5) is 14.4. The number of hydrogen-bond acceptors (Lipinski definition) is 2. The number of rotatable bonds is 5. The first-order chi connectivity index (χ1) is 12.2. The van der Waals surface area contributed by atoms with E-state index in [4.69, 9.17) is 0 Å². The van der Waals surface area contributed by atoms with Gasteiger partial charge in [0.05, 0.1) is 11.0 Å². The fourth-order valence-corrected chi connectivity index (χ4v) is 3.00. The maximum atomic E-state index is 4.60. The van der Waals surface area contributed by atoms with E-state index in [9.17, 15) is 0 Å². The highest BCUT2D eigenvalue weighted by Crippen LogP contribution is 2.12. The SMILES string of the molecule is CN=C(NCCc1nc2ccccc2[nH]1)N(C)Cc1ccc(Br)cc1. The lowest BCUT2D eigenvalue weighted by atomic mass is 10.2. The molecule has 0 unspecified atom stereocenters. The van der Waals surface area contributed by atoms with E-state index in [1.165, 1.54) is 5.56 Å². The summed E-state index contributed by atoms with van der Waals surface area (Å²) in [5, 5.41) is 3.40. The lowest BCUT2D eigenvalue weighted by molar-refractivity contribution is 0.477. The molecule has 0 radical (unpaired) electrons. The zero-order chi connectivity index (χ0) is 17.6. The fraction of sp³-hybridized carbons (Fsp3) is 0.263. The number of guanidine groups is 1. The van der Waals surface area contributed by atoms with Gasteiger partial charge in [-0.05, 0) is 29.8 Å². The quantitative estimate of drug-likeness (QED) is 0.509. The van der Waals surface area contributed by atoms with Crippen LogP contribution in [0.25, 0.3) is 11.0 Å². The zero-order valence-corrected chi connectivity index (χ0v) is 16.0. The Hall–Kier alpha value is -2.34. The summed E-state index contributed by atoms with van der Waals surface area (Å²) in [5.41, 5.74) is 3.33. The second kappa shape index (κ2) is 8.16. The number of para-hydroxylation sites is 2. The van der Waals surface area contributed by atoms with Crippen LogP contribution in [0.5, 0.6) is 0 Å². The van der Waals surface area contributed by atoms with Crippen LogP contribution in [0.15, 0.2) is 58.0 Å². The Bertz CT molecular complexity index is 821. The van der Waals surface area contributed by atoms with Gasteiger partial charge in [-0.1, -0.05) is 40.2 Å². The van der Waals surface area contributed by atoms with Crippen LogP contribution in [-0.2, 0) is 13.0 Å². The highest BCUT2D eigenvalue weighted by atomic mass is 79.9. The van der Waals surface area contributed by atoms with Gasteiger partial charge in [-0.25, -0.2) is 4.98 Å². The van der Waals surface area contributed by atoms with Crippen molar-refractivity contribution in [3.63, 3.8) is 0 Å². The Morgan fingerprint density at radius 3 is 2.68 bits per heavy atom. The van der Waals surface area contributed by atoms with Crippen molar-refractivity contribution in [1.82, 2.24) is 20.2 Å². The molecule has 2 N–H and O–H groups in total. The molecule has 1 heterocycles. The number of benzene rings is 2. The third-order valence-electron chi connectivity index (χ3n) is 3.99. The first-order valence-electron chi connectivity index (χ1n) is 8.25. The van der Waals surface area contributed by atoms with Crippen molar-refractivity contribution in [2.75, 3.05) is 20.6 Å². The van der Waals surface area contributed by atoms with Crippen LogP contribution in [0, 0.1) is 0 Å². The van der Waals surface area contributed by atoms with E-state index in [1.807, 2.05) is 38.4 Å². The number of hydrogen-bond donors (Lipinski definition) is 2. The lowest BCUT2D eigenvalue weighted by Gasteiger charge is -2.22. The van der Waals surface area contributed by atoms with Gasteiger partial charge in [0.15, 0.2) is 5.96 Å². The number of nitrogens with one attached hydrogen (secondary N) is 2. The Morgan fingerprint density at radius 1 is 1.20 bits per heavy atom. The Balaban J connectivity index is 1.54. The molecule has 25 heavy (non-hydrogen) atoms. The summed E-state index contributed by atoms with van der Waals surface area (Å²) >= 11 is 3.46. The minimum Gasteiger partial charge on any atom is -0.356 e. The van der Waals surface area contributed by atoms with Crippen molar-refractivity contribution >= 4 is 32.9 Å². The summed E-state index contributed by atoms with van der Waals surface area (Å²) in [6.45, 7) is 1.58. The summed E-state index contributed by atoms with van der Waals surface area (Å²) < 4.78 is 1.09. The molecule has 0 aliphatic carbocycles. The van der Waals surface area contributed by atoms with E-state index in [0.717, 1.165) is 46.8 Å². The average molecular weight is 400 g/mol. The van der Waals surface area contributed by atoms with Crippen molar-refractivity contribution in [3.05, 3.63) is 64.4 Å². The van der Waals surface area contributed by atoms with Crippen molar-refractivity contribution in [1.29, 1.82) is 0 Å². The topological polar surface area (TPSA) is 56.3 Å². The molecule has 0 saturated carbocycles. The molecule has 0 aliphatic heterocycles. The fourth-order valence-electron chi connectivity index (χ4n) is 2.74. The number of fused-ring (bicyclic) bond motifs is 1. The summed E-state index contributed by atoms with van der Waals surface area (Å²) in [6.07, 6.45) is 0.819. The molecule has 1 aromatic heterocycles. The summed E-state index contributed by atoms with van der Waals surface area (Å²) in [5.74, 6) is 1.86. The van der Waals surface area contributed by atoms with Gasteiger partial charge in [-0.15, -0.1) is 0 Å². The van der Waals surface area contributed by atoms with Crippen LogP contribution in [0.2, 0.25) is 0 Å².